The average Bonchev–Trinajstić information content (AvgIpc) is 3.41. The van der Waals surface area contributed by atoms with Gasteiger partial charge < -0.3 is 9.47 Å². The molecular weight excluding hydrogens is 586 g/mol. The van der Waals surface area contributed by atoms with Crippen LogP contribution in [0.3, 0.4) is 0 Å². The molecule has 0 saturated heterocycles. The molecule has 0 amide bonds. The minimum absolute atomic E-state index is 0.349. The number of aryl methyl sites for hydroxylation is 8. The van der Waals surface area contributed by atoms with E-state index in [1.54, 1.807) is 19.5 Å². The minimum Gasteiger partial charge on any atom is -0.496 e. The largest absolute Gasteiger partial charge is 0.496 e. The van der Waals surface area contributed by atoms with Crippen molar-refractivity contribution in [3.63, 3.8) is 0 Å². The van der Waals surface area contributed by atoms with E-state index in [4.69, 9.17) is 9.47 Å². The highest BCUT2D eigenvalue weighted by atomic mass is 31.1. The number of hydrogen-bond acceptors (Lipinski definition) is 2. The number of hydrogen-bond donors (Lipinski definition) is 0. The highest BCUT2D eigenvalue weighted by molar-refractivity contribution is 7.77. The van der Waals surface area contributed by atoms with Crippen LogP contribution in [0.5, 0.6) is 11.5 Å². The van der Waals surface area contributed by atoms with Gasteiger partial charge in [0.2, 0.25) is 0 Å². The summed E-state index contributed by atoms with van der Waals surface area (Å²) in [6.07, 6.45) is 5.82. The summed E-state index contributed by atoms with van der Waals surface area (Å²) in [4.78, 5) is 0. The predicted octanol–water partition coefficient (Wildman–Crippen LogP) is 9.34. The third-order valence-electron chi connectivity index (χ3n) is 8.83. The molecule has 0 bridgehead atoms. The van der Waals surface area contributed by atoms with Crippen molar-refractivity contribution in [1.29, 1.82) is 0 Å². The van der Waals surface area contributed by atoms with E-state index in [2.05, 4.69) is 135 Å². The Morgan fingerprint density at radius 2 is 0.911 bits per heavy atom. The van der Waals surface area contributed by atoms with E-state index >= 15 is 0 Å². The first-order valence-corrected chi connectivity index (χ1v) is 18.6. The summed E-state index contributed by atoms with van der Waals surface area (Å²) in [5.74, 6) is 1.96. The Morgan fingerprint density at radius 3 is 1.27 bits per heavy atom. The number of rotatable bonds is 9. The van der Waals surface area contributed by atoms with Gasteiger partial charge >= 0.3 is 0 Å². The molecule has 4 heteroatoms. The van der Waals surface area contributed by atoms with Gasteiger partial charge in [-0.15, -0.1) is 0 Å². The summed E-state index contributed by atoms with van der Waals surface area (Å²) < 4.78 is 11.6. The zero-order valence-corrected chi connectivity index (χ0v) is 30.7. The monoisotopic (exact) mass is 634 g/mol. The fourth-order valence-electron chi connectivity index (χ4n) is 7.24. The van der Waals surface area contributed by atoms with Gasteiger partial charge in [-0.2, -0.15) is 0 Å². The molecule has 0 heterocycles. The molecule has 1 atom stereocenters. The first kappa shape index (κ1) is 33.2. The first-order chi connectivity index (χ1) is 21.4. The van der Waals surface area contributed by atoms with Gasteiger partial charge in [-0.3, -0.25) is 0 Å². The van der Waals surface area contributed by atoms with E-state index in [0.29, 0.717) is 5.66 Å². The number of benzene rings is 4. The summed E-state index contributed by atoms with van der Waals surface area (Å²) >= 11 is 0. The zero-order chi connectivity index (χ0) is 32.6. The van der Waals surface area contributed by atoms with Crippen molar-refractivity contribution in [2.24, 2.45) is 0 Å². The molecule has 0 aromatic heterocycles. The highest BCUT2D eigenvalue weighted by Gasteiger charge is 2.32. The quantitative estimate of drug-likeness (QED) is 0.171. The van der Waals surface area contributed by atoms with Crippen LogP contribution >= 0.6 is 15.8 Å². The van der Waals surface area contributed by atoms with Crippen LogP contribution in [0.1, 0.15) is 57.9 Å². The predicted molar refractivity (Wildman–Crippen MR) is 199 cm³/mol. The molecule has 1 aliphatic rings. The highest BCUT2D eigenvalue weighted by Crippen LogP contribution is 2.55. The van der Waals surface area contributed by atoms with Crippen molar-refractivity contribution >= 4 is 37.1 Å². The molecule has 0 unspecified atom stereocenters. The summed E-state index contributed by atoms with van der Waals surface area (Å²) in [5, 5.41) is 7.25. The lowest BCUT2D eigenvalue weighted by Crippen LogP contribution is -2.23. The Bertz CT molecular complexity index is 1620. The van der Waals surface area contributed by atoms with Crippen LogP contribution in [0, 0.1) is 55.4 Å². The van der Waals surface area contributed by atoms with Crippen LogP contribution in [-0.4, -0.2) is 19.9 Å². The van der Waals surface area contributed by atoms with Gasteiger partial charge in [0.05, 0.1) is 14.2 Å². The van der Waals surface area contributed by atoms with E-state index < -0.39 is 15.8 Å². The van der Waals surface area contributed by atoms with Crippen molar-refractivity contribution in [3.05, 3.63) is 128 Å². The van der Waals surface area contributed by atoms with Gasteiger partial charge in [0, 0.05) is 5.66 Å². The Balaban J connectivity index is 1.76. The minimum atomic E-state index is -0.794. The standard InChI is InChI=1S/C41H48O2P2/c1-25-15-26(2)18-34(17-25)44(35-19-27(3)16-28(4)20-35)33(9)38-13-12-14-39(38)45(36-21-29(5)40(42-10)30(6)22-36)37-23-31(7)41(43-11)32(8)24-37/h12-13,15-24,33H,14H2,1-11H3/t33-/m0/s1. The first-order valence-electron chi connectivity index (χ1n) is 15.9. The van der Waals surface area contributed by atoms with Crippen LogP contribution in [0.15, 0.2) is 83.7 Å². The van der Waals surface area contributed by atoms with E-state index in [0.717, 1.165) is 17.9 Å². The van der Waals surface area contributed by atoms with E-state index in [1.807, 2.05) is 0 Å². The van der Waals surface area contributed by atoms with E-state index in [1.165, 1.54) is 71.3 Å². The summed E-state index contributed by atoms with van der Waals surface area (Å²) in [7, 11) is 2.10. The van der Waals surface area contributed by atoms with Gasteiger partial charge in [-0.25, -0.2) is 0 Å². The van der Waals surface area contributed by atoms with Crippen LogP contribution in [-0.2, 0) is 0 Å². The van der Waals surface area contributed by atoms with Crippen molar-refractivity contribution in [2.75, 3.05) is 14.2 Å². The lowest BCUT2D eigenvalue weighted by Gasteiger charge is -2.31. The third-order valence-corrected chi connectivity index (χ3v) is 14.0. The molecule has 2 nitrogen and oxygen atoms in total. The molecule has 0 saturated carbocycles. The molecule has 5 rings (SSSR count). The fraction of sp³-hybridized carbons (Fsp3) is 0.317. The lowest BCUT2D eigenvalue weighted by atomic mass is 10.1. The zero-order valence-electron chi connectivity index (χ0n) is 28.9. The molecule has 0 N–H and O–H groups in total. The van der Waals surface area contributed by atoms with Crippen molar-refractivity contribution in [2.45, 2.75) is 74.4 Å². The molecule has 234 valence electrons. The smallest absolute Gasteiger partial charge is 0.124 e. The lowest BCUT2D eigenvalue weighted by molar-refractivity contribution is 0.408. The second-order valence-corrected chi connectivity index (χ2v) is 17.6. The maximum Gasteiger partial charge on any atom is 0.124 e. The maximum absolute atomic E-state index is 5.81. The summed E-state index contributed by atoms with van der Waals surface area (Å²) in [5.41, 5.74) is 12.0. The molecule has 0 spiro atoms. The second-order valence-electron chi connectivity index (χ2n) is 12.8. The van der Waals surface area contributed by atoms with Crippen LogP contribution in [0.25, 0.3) is 0 Å². The van der Waals surface area contributed by atoms with Crippen molar-refractivity contribution in [3.8, 4) is 11.5 Å². The average molecular weight is 635 g/mol. The third kappa shape index (κ3) is 6.84. The Morgan fingerprint density at radius 1 is 0.533 bits per heavy atom. The molecule has 4 aromatic rings. The van der Waals surface area contributed by atoms with E-state index in [9.17, 15) is 0 Å². The number of ether oxygens (including phenoxy) is 2. The van der Waals surface area contributed by atoms with Gasteiger partial charge in [0.1, 0.15) is 11.5 Å². The van der Waals surface area contributed by atoms with Crippen molar-refractivity contribution in [1.82, 2.24) is 0 Å². The molecule has 1 aliphatic carbocycles. The number of methoxy groups -OCH3 is 2. The molecule has 0 radical (unpaired) electrons. The maximum atomic E-state index is 5.81. The van der Waals surface area contributed by atoms with Gasteiger partial charge in [-0.1, -0.05) is 77.7 Å². The SMILES string of the molecule is COc1c(C)cc(P(C2=C([C@H](C)P(c3cc(C)cc(C)c3)c3cc(C)cc(C)c3)C=CC2)c2cc(C)c(OC)c(C)c2)cc1C. The molecule has 4 aromatic carbocycles. The molecular formula is C41H48O2P2. The van der Waals surface area contributed by atoms with Gasteiger partial charge in [0.25, 0.3) is 0 Å². The van der Waals surface area contributed by atoms with Gasteiger partial charge in [-0.05, 0) is 156 Å². The molecule has 45 heavy (non-hydrogen) atoms. The van der Waals surface area contributed by atoms with Crippen LogP contribution < -0.4 is 30.7 Å². The Labute approximate surface area is 274 Å². The fourth-order valence-corrected chi connectivity index (χ4v) is 13.5. The Kier molecular flexibility index (Phi) is 10.1. The summed E-state index contributed by atoms with van der Waals surface area (Å²) in [6.45, 7) is 20.1. The second kappa shape index (κ2) is 13.7. The number of allylic oxidation sites excluding steroid dienone is 4. The van der Waals surface area contributed by atoms with Gasteiger partial charge in [0.15, 0.2) is 0 Å². The van der Waals surface area contributed by atoms with Crippen molar-refractivity contribution < 1.29 is 9.47 Å². The Hall–Kier alpha value is -3.18. The van der Waals surface area contributed by atoms with Crippen LogP contribution in [0.2, 0.25) is 0 Å². The molecule has 0 fully saturated rings. The van der Waals surface area contributed by atoms with E-state index in [-0.39, 0.29) is 0 Å². The van der Waals surface area contributed by atoms with Crippen LogP contribution in [0.4, 0.5) is 0 Å². The molecule has 0 aliphatic heterocycles. The topological polar surface area (TPSA) is 18.5 Å². The normalized spacial score (nSPS) is 13.7. The summed E-state index contributed by atoms with van der Waals surface area (Å²) in [6, 6.07) is 23.8.